The van der Waals surface area contributed by atoms with Gasteiger partial charge < -0.3 is 5.11 Å². The minimum Gasteiger partial charge on any atom is -0.507 e. The number of hydrogen-bond acceptors (Lipinski definition) is 5. The Labute approximate surface area is 120 Å². The Hall–Kier alpha value is -2.08. The lowest BCUT2D eigenvalue weighted by atomic mass is 10.1. The Morgan fingerprint density at radius 2 is 1.33 bits per heavy atom. The molecule has 0 fully saturated rings. The maximum Gasteiger partial charge on any atom is 0.357 e. The molecule has 0 saturated carbocycles. The molecule has 0 heterocycles. The monoisotopic (exact) mass is 334 g/mol. The zero-order valence-electron chi connectivity index (χ0n) is 10.2. The molecule has 5 N–H and O–H groups in total. The molecule has 11 heteroatoms. The second-order valence-corrected chi connectivity index (χ2v) is 6.39. The van der Waals surface area contributed by atoms with Gasteiger partial charge in [-0.15, -0.1) is 0 Å². The van der Waals surface area contributed by atoms with E-state index in [0.29, 0.717) is 5.39 Å². The third kappa shape index (κ3) is 4.19. The number of benzene rings is 2. The lowest BCUT2D eigenvalue weighted by Gasteiger charge is -2.09. The Kier molecular flexibility index (Phi) is 3.67. The summed E-state index contributed by atoms with van der Waals surface area (Å²) in [6.45, 7) is 0. The van der Waals surface area contributed by atoms with Gasteiger partial charge in [-0.1, -0.05) is 0 Å². The van der Waals surface area contributed by atoms with Crippen LogP contribution in [-0.2, 0) is 20.6 Å². The van der Waals surface area contributed by atoms with Crippen molar-refractivity contribution in [2.45, 2.75) is 0 Å². The number of hydrogen-bond donors (Lipinski definition) is 5. The highest BCUT2D eigenvalue weighted by Gasteiger charge is 2.10. The van der Waals surface area contributed by atoms with Gasteiger partial charge in [0.15, 0.2) is 0 Å². The van der Waals surface area contributed by atoms with Crippen LogP contribution in [0, 0.1) is 0 Å². The summed E-state index contributed by atoms with van der Waals surface area (Å²) in [6, 6.07) is 6.27. The van der Waals surface area contributed by atoms with E-state index in [9.17, 15) is 21.9 Å². The van der Waals surface area contributed by atoms with E-state index in [0.717, 1.165) is 6.07 Å². The van der Waals surface area contributed by atoms with Gasteiger partial charge in [0.2, 0.25) is 0 Å². The van der Waals surface area contributed by atoms with Crippen molar-refractivity contribution >= 4 is 42.8 Å². The summed E-state index contributed by atoms with van der Waals surface area (Å²) in [5, 5.41) is 10.4. The highest BCUT2D eigenvalue weighted by molar-refractivity contribution is 7.87. The molecular weight excluding hydrogens is 324 g/mol. The van der Waals surface area contributed by atoms with Crippen molar-refractivity contribution in [1.29, 1.82) is 0 Å². The van der Waals surface area contributed by atoms with Crippen LogP contribution in [0.3, 0.4) is 0 Å². The molecule has 9 nitrogen and oxygen atoms in total. The molecule has 0 bridgehead atoms. The van der Waals surface area contributed by atoms with E-state index >= 15 is 0 Å². The predicted octanol–water partition coefficient (Wildman–Crippen LogP) is 0.975. The average molecular weight is 334 g/mol. The quantitative estimate of drug-likeness (QED) is 0.522. The molecule has 0 aliphatic rings. The molecule has 0 amide bonds. The van der Waals surface area contributed by atoms with Crippen LogP contribution < -0.4 is 9.44 Å². The lowest BCUT2D eigenvalue weighted by Crippen LogP contribution is -2.10. The number of phenols is 1. The van der Waals surface area contributed by atoms with Gasteiger partial charge in [-0.2, -0.15) is 16.8 Å². The highest BCUT2D eigenvalue weighted by atomic mass is 32.2. The van der Waals surface area contributed by atoms with E-state index in [1.165, 1.54) is 24.3 Å². The van der Waals surface area contributed by atoms with Crippen LogP contribution in [0.2, 0.25) is 0 Å². The standard InChI is InChI=1S/C10H10N2O7S2/c13-10-5-8(12-21(17,18)19)4-6-3-7(1-2-9(6)10)11-20(14,15)16/h1-5,11-13H,(H,14,15,16)(H,17,18,19). The van der Waals surface area contributed by atoms with Gasteiger partial charge in [0, 0.05) is 11.5 Å². The normalized spacial score (nSPS) is 12.3. The topological polar surface area (TPSA) is 153 Å². The molecule has 2 aromatic carbocycles. The molecule has 0 spiro atoms. The molecular formula is C10H10N2O7S2. The number of fused-ring (bicyclic) bond motifs is 1. The minimum atomic E-state index is -4.51. The van der Waals surface area contributed by atoms with Crippen LogP contribution in [0.15, 0.2) is 30.3 Å². The highest BCUT2D eigenvalue weighted by Crippen LogP contribution is 2.31. The van der Waals surface area contributed by atoms with Crippen LogP contribution in [0.5, 0.6) is 5.75 Å². The van der Waals surface area contributed by atoms with Gasteiger partial charge in [0.05, 0.1) is 11.4 Å². The summed E-state index contributed by atoms with van der Waals surface area (Å²) in [5.41, 5.74) is -0.111. The number of rotatable bonds is 4. The van der Waals surface area contributed by atoms with E-state index in [4.69, 9.17) is 9.11 Å². The maximum absolute atomic E-state index is 10.7. The Morgan fingerprint density at radius 1 is 0.810 bits per heavy atom. The first-order valence-electron chi connectivity index (χ1n) is 5.31. The fourth-order valence-corrected chi connectivity index (χ4v) is 2.61. The summed E-state index contributed by atoms with van der Waals surface area (Å²) >= 11 is 0. The van der Waals surface area contributed by atoms with Crippen LogP contribution in [0.25, 0.3) is 10.8 Å². The first-order valence-corrected chi connectivity index (χ1v) is 8.19. The first-order chi connectivity index (χ1) is 9.53. The van der Waals surface area contributed by atoms with Crippen LogP contribution in [-0.4, -0.2) is 31.0 Å². The van der Waals surface area contributed by atoms with Gasteiger partial charge in [-0.3, -0.25) is 18.5 Å². The molecule has 114 valence electrons. The van der Waals surface area contributed by atoms with Crippen molar-refractivity contribution in [1.82, 2.24) is 0 Å². The van der Waals surface area contributed by atoms with Crippen molar-refractivity contribution < 1.29 is 31.0 Å². The molecule has 21 heavy (non-hydrogen) atoms. The second kappa shape index (κ2) is 5.04. The molecule has 0 saturated heterocycles. The number of nitrogens with one attached hydrogen (secondary N) is 2. The Morgan fingerprint density at radius 3 is 1.90 bits per heavy atom. The summed E-state index contributed by atoms with van der Waals surface area (Å²) < 4.78 is 63.9. The van der Waals surface area contributed by atoms with Gasteiger partial charge in [0.25, 0.3) is 0 Å². The molecule has 2 rings (SSSR count). The molecule has 2 aromatic rings. The van der Waals surface area contributed by atoms with Crippen LogP contribution in [0.4, 0.5) is 11.4 Å². The number of anilines is 2. The van der Waals surface area contributed by atoms with Gasteiger partial charge >= 0.3 is 20.6 Å². The largest absolute Gasteiger partial charge is 0.507 e. The molecule has 0 radical (unpaired) electrons. The molecule has 0 aliphatic carbocycles. The molecule has 0 atom stereocenters. The van der Waals surface area contributed by atoms with Crippen molar-refractivity contribution in [3.63, 3.8) is 0 Å². The maximum atomic E-state index is 10.7. The third-order valence-corrected chi connectivity index (χ3v) is 3.41. The van der Waals surface area contributed by atoms with Gasteiger partial charge in [-0.25, -0.2) is 0 Å². The van der Waals surface area contributed by atoms with Crippen molar-refractivity contribution in [3.05, 3.63) is 30.3 Å². The van der Waals surface area contributed by atoms with Gasteiger partial charge in [-0.05, 0) is 29.7 Å². The lowest BCUT2D eigenvalue weighted by molar-refractivity contribution is 0.481. The third-order valence-electron chi connectivity index (χ3n) is 2.42. The zero-order chi connectivity index (χ0) is 15.8. The minimum absolute atomic E-state index is 0.00778. The smallest absolute Gasteiger partial charge is 0.357 e. The summed E-state index contributed by atoms with van der Waals surface area (Å²) in [4.78, 5) is 0. The fourth-order valence-electron chi connectivity index (χ4n) is 1.77. The second-order valence-electron chi connectivity index (χ2n) is 4.09. The first kappa shape index (κ1) is 15.3. The molecule has 0 aromatic heterocycles. The van der Waals surface area contributed by atoms with E-state index in [1.54, 1.807) is 4.72 Å². The average Bonchev–Trinajstić information content (AvgIpc) is 2.23. The van der Waals surface area contributed by atoms with E-state index in [-0.39, 0.29) is 22.5 Å². The summed E-state index contributed by atoms with van der Waals surface area (Å²) in [5.74, 6) is -0.281. The zero-order valence-corrected chi connectivity index (χ0v) is 11.8. The SMILES string of the molecule is O=S(=O)(O)Nc1ccc2c(O)cc(NS(=O)(=O)O)cc2c1. The van der Waals surface area contributed by atoms with Gasteiger partial charge in [0.1, 0.15) is 5.75 Å². The van der Waals surface area contributed by atoms with Crippen molar-refractivity contribution in [2.24, 2.45) is 0 Å². The van der Waals surface area contributed by atoms with Crippen molar-refractivity contribution in [3.8, 4) is 5.75 Å². The number of phenolic OH excluding ortho intramolecular Hbond substituents is 1. The Bertz CT molecular complexity index is 901. The fraction of sp³-hybridized carbons (Fsp3) is 0. The van der Waals surface area contributed by atoms with Crippen LogP contribution >= 0.6 is 0 Å². The summed E-state index contributed by atoms with van der Waals surface area (Å²) in [7, 11) is -8.97. The Balaban J connectivity index is 2.54. The van der Waals surface area contributed by atoms with E-state index in [1.807, 2.05) is 4.72 Å². The number of aromatic hydroxyl groups is 1. The predicted molar refractivity (Wildman–Crippen MR) is 76.0 cm³/mol. The molecule has 0 unspecified atom stereocenters. The molecule has 0 aliphatic heterocycles. The van der Waals surface area contributed by atoms with Crippen molar-refractivity contribution in [2.75, 3.05) is 9.44 Å². The van der Waals surface area contributed by atoms with Crippen LogP contribution in [0.1, 0.15) is 0 Å². The summed E-state index contributed by atoms with van der Waals surface area (Å²) in [6.07, 6.45) is 0. The van der Waals surface area contributed by atoms with E-state index < -0.39 is 20.6 Å². The van der Waals surface area contributed by atoms with E-state index in [2.05, 4.69) is 0 Å².